The van der Waals surface area contributed by atoms with Gasteiger partial charge in [0, 0.05) is 162 Å². The first-order valence-corrected chi connectivity index (χ1v) is 46.2. The molecular weight excluding hydrogens is 1700 g/mol. The number of anilines is 5. The average Bonchev–Trinajstić information content (AvgIpc) is 0.801. The van der Waals surface area contributed by atoms with Crippen LogP contribution in [0.15, 0.2) is 132 Å². The van der Waals surface area contributed by atoms with E-state index < -0.39 is 11.5 Å². The maximum atomic E-state index is 14.1. The molecule has 0 atom stereocenters. The summed E-state index contributed by atoms with van der Waals surface area (Å²) < 4.78 is 86.5. The van der Waals surface area contributed by atoms with Crippen molar-refractivity contribution in [3.63, 3.8) is 0 Å². The van der Waals surface area contributed by atoms with Crippen molar-refractivity contribution in [2.75, 3.05) is 151 Å². The molecule has 8 aromatic heterocycles. The van der Waals surface area contributed by atoms with E-state index in [1.807, 2.05) is 0 Å². The normalized spacial score (nSPS) is 21.3. The summed E-state index contributed by atoms with van der Waals surface area (Å²) >= 11 is 6.00. The van der Waals surface area contributed by atoms with Gasteiger partial charge in [0.1, 0.15) is 45.1 Å². The van der Waals surface area contributed by atoms with Crippen LogP contribution in [0.5, 0.6) is 34.8 Å². The Labute approximate surface area is 762 Å². The van der Waals surface area contributed by atoms with Crippen molar-refractivity contribution in [1.82, 2.24) is 79.7 Å². The molecule has 8 fully saturated rings. The number of nitrogens with one attached hydrogen (secondary N) is 3. The minimum absolute atomic E-state index is 0.0673. The van der Waals surface area contributed by atoms with E-state index in [2.05, 4.69) is 153 Å². The van der Waals surface area contributed by atoms with Gasteiger partial charge in [0.2, 0.25) is 11.2 Å². The van der Waals surface area contributed by atoms with Crippen LogP contribution in [0.25, 0.3) is 44.1 Å². The van der Waals surface area contributed by atoms with Gasteiger partial charge in [0.15, 0.2) is 17.4 Å². The minimum atomic E-state index is -0.508. The highest BCUT2D eigenvalue weighted by atomic mass is 35.5. The van der Waals surface area contributed by atoms with Crippen molar-refractivity contribution in [1.29, 1.82) is 0 Å². The van der Waals surface area contributed by atoms with Crippen molar-refractivity contribution in [3.05, 3.63) is 183 Å². The summed E-state index contributed by atoms with van der Waals surface area (Å²) in [5, 5.41) is 3.17. The highest BCUT2D eigenvalue weighted by Crippen LogP contribution is 2.42. The lowest BCUT2D eigenvalue weighted by molar-refractivity contribution is 0.122. The third-order valence-corrected chi connectivity index (χ3v) is 26.0. The number of hydrogen-bond donors (Lipinski definition) is 3. The number of nitrogens with zero attached hydrogens (tertiary/aromatic N) is 18. The Balaban J connectivity index is 0.000000122. The summed E-state index contributed by atoms with van der Waals surface area (Å²) in [5.74, 6) is 5.21. The molecule has 8 aliphatic rings. The van der Waals surface area contributed by atoms with Crippen molar-refractivity contribution >= 4 is 84.4 Å². The lowest BCUT2D eigenvalue weighted by atomic mass is 9.84. The molecule has 4 saturated carbocycles. The molecule has 690 valence electrons. The second kappa shape index (κ2) is 44.2. The summed E-state index contributed by atoms with van der Waals surface area (Å²) in [6.45, 7) is 12.6. The van der Waals surface area contributed by atoms with E-state index >= 15 is 0 Å². The van der Waals surface area contributed by atoms with Gasteiger partial charge in [-0.1, -0.05) is 0 Å². The number of hydrogen-bond acceptors (Lipinski definition) is 31. The van der Waals surface area contributed by atoms with Gasteiger partial charge in [-0.2, -0.15) is 9.97 Å². The molecule has 131 heavy (non-hydrogen) atoms. The molecule has 33 nitrogen and oxygen atoms in total. The summed E-state index contributed by atoms with van der Waals surface area (Å²) in [6.07, 6.45) is 36.0. The topological polar surface area (TPSA) is 363 Å². The molecule has 0 amide bonds. The summed E-state index contributed by atoms with van der Waals surface area (Å²) in [6, 6.07) is 18.5. The van der Waals surface area contributed by atoms with Crippen molar-refractivity contribution < 1.29 is 56.1 Å². The number of H-pyrrole nitrogens is 2. The molecule has 4 saturated heterocycles. The molecule has 4 aliphatic heterocycles. The quantitative estimate of drug-likeness (QED) is 0.0501. The SMILES string of the molecule is CNc1nc(CC2CCC(Oc3cc(N4CCOCC4)cc4nccnc34)CC2)cc(=O)[nH]1.COc1cnc(Cl)nc1CC1CCC(Oc2cc(N3CCOCC3)cc3nccnc23)CC1.COc1ncc(F)c(CC2CCC(Oc3cc(N4CCOCC4)cc4nccnc34)CC2)n1.O=c1ncc(F)c(CC2CCC(Oc3cc(N4CCOCC4)cc4nccnc34)CC2)[nH]1. The van der Waals surface area contributed by atoms with Crippen LogP contribution in [0.4, 0.5) is 37.5 Å². The van der Waals surface area contributed by atoms with Gasteiger partial charge in [-0.05, 0) is 188 Å². The molecule has 12 heterocycles. The minimum Gasteiger partial charge on any atom is -0.493 e. The van der Waals surface area contributed by atoms with Crippen LogP contribution in [0.2, 0.25) is 5.28 Å². The average molecular weight is 1810 g/mol. The van der Waals surface area contributed by atoms with Gasteiger partial charge in [-0.25, -0.2) is 53.4 Å². The van der Waals surface area contributed by atoms with Gasteiger partial charge in [-0.15, -0.1) is 0 Å². The number of benzene rings is 4. The summed E-state index contributed by atoms with van der Waals surface area (Å²) in [5.41, 5.74) is 12.8. The number of rotatable bonds is 23. The first-order valence-electron chi connectivity index (χ1n) is 45.8. The van der Waals surface area contributed by atoms with Gasteiger partial charge >= 0.3 is 11.7 Å². The third kappa shape index (κ3) is 24.0. The zero-order chi connectivity index (χ0) is 89.8. The first kappa shape index (κ1) is 90.9. The molecule has 4 aromatic carbocycles. The van der Waals surface area contributed by atoms with Crippen LogP contribution in [-0.4, -0.2) is 231 Å². The number of methoxy groups -OCH3 is 2. The maximum absolute atomic E-state index is 14.1. The zero-order valence-electron chi connectivity index (χ0n) is 74.2. The molecule has 12 aromatic rings. The van der Waals surface area contributed by atoms with Crippen LogP contribution in [0.1, 0.15) is 126 Å². The van der Waals surface area contributed by atoms with Crippen molar-refractivity contribution in [3.8, 4) is 34.8 Å². The fraction of sp³-hybridized carbons (Fsp3) is 0.495. The Morgan fingerprint density at radius 1 is 0.382 bits per heavy atom. The Bertz CT molecular complexity index is 5920. The van der Waals surface area contributed by atoms with Crippen molar-refractivity contribution in [2.45, 2.75) is 153 Å². The van der Waals surface area contributed by atoms with E-state index in [9.17, 15) is 18.4 Å². The smallest absolute Gasteiger partial charge is 0.345 e. The highest BCUT2D eigenvalue weighted by Gasteiger charge is 2.32. The van der Waals surface area contributed by atoms with Crippen LogP contribution in [0.3, 0.4) is 0 Å². The second-order valence-corrected chi connectivity index (χ2v) is 34.7. The molecule has 20 rings (SSSR count). The number of halogens is 3. The monoisotopic (exact) mass is 1810 g/mol. The molecule has 0 unspecified atom stereocenters. The number of fused-ring (bicyclic) bond motifs is 4. The molecule has 0 radical (unpaired) electrons. The van der Waals surface area contributed by atoms with E-state index in [1.54, 1.807) is 76.0 Å². The predicted molar refractivity (Wildman–Crippen MR) is 492 cm³/mol. The number of aromatic amines is 2. The lowest BCUT2D eigenvalue weighted by Gasteiger charge is -2.31. The fourth-order valence-electron chi connectivity index (χ4n) is 18.8. The summed E-state index contributed by atoms with van der Waals surface area (Å²) in [4.78, 5) is 98.3. The van der Waals surface area contributed by atoms with Crippen LogP contribution in [-0.2, 0) is 44.6 Å². The van der Waals surface area contributed by atoms with Crippen molar-refractivity contribution in [2.24, 2.45) is 23.7 Å². The molecule has 3 N–H and O–H groups in total. The Morgan fingerprint density at radius 3 is 1.11 bits per heavy atom. The Hall–Kier alpha value is -12.1. The maximum Gasteiger partial charge on any atom is 0.345 e. The molecule has 36 heteroatoms. The number of morpholine rings is 4. The van der Waals surface area contributed by atoms with E-state index in [0.717, 1.165) is 315 Å². The van der Waals surface area contributed by atoms with Gasteiger partial charge in [0.05, 0.1) is 155 Å². The molecule has 0 bridgehead atoms. The Morgan fingerprint density at radius 2 is 0.740 bits per heavy atom. The lowest BCUT2D eigenvalue weighted by Crippen LogP contribution is -2.36. The second-order valence-electron chi connectivity index (χ2n) is 34.4. The van der Waals surface area contributed by atoms with E-state index in [4.69, 9.17) is 59.0 Å². The zero-order valence-corrected chi connectivity index (χ0v) is 75.0. The largest absolute Gasteiger partial charge is 0.493 e. The molecule has 0 spiro atoms. The first-order chi connectivity index (χ1) is 64.2. The predicted octanol–water partition coefficient (Wildman–Crippen LogP) is 13.3. The van der Waals surface area contributed by atoms with Gasteiger partial charge in [0.25, 0.3) is 5.56 Å². The van der Waals surface area contributed by atoms with E-state index in [0.29, 0.717) is 72.8 Å². The van der Waals surface area contributed by atoms with E-state index in [-0.39, 0.29) is 47.1 Å². The van der Waals surface area contributed by atoms with Gasteiger partial charge in [-0.3, -0.25) is 29.7 Å². The molecule has 4 aliphatic carbocycles. The highest BCUT2D eigenvalue weighted by molar-refractivity contribution is 6.28. The van der Waals surface area contributed by atoms with Crippen LogP contribution in [0, 0.1) is 35.3 Å². The standard InChI is InChI=1S/C24H28ClN5O3.C24H28FN5O3.C24H30N6O3.C23H26FN5O3/c1-31-22-15-28-24(25)29-19(22)12-16-2-4-18(5-3-16)33-21-14-17(30-8-10-32-11-9-30)13-20-23(21)27-7-6-26-20;1-31-24-28-15-19(25)20(29-24)12-16-2-4-18(5-3-16)33-22-14-17(30-8-10-32-11-9-30)13-21-23(22)27-7-6-26-21;1-25-24-28-17(13-22(31)29-24)12-16-2-4-19(5-3-16)33-21-15-18(30-8-10-32-11-9-30)14-20-23(21)27-7-6-26-20;24-18-14-27-23(30)28-19(18)11-15-1-3-17(4-2-15)32-21-13-16(29-7-9-31-10-8-29)12-20-22(21)26-6-5-25-20/h2*6-7,13-16,18H,2-5,8-12H2,1H3;6-7,13-16,19H,2-5,8-12H2,1H3,(H2,25,28,29,31);5-6,12-15,17H,1-4,7-11H2,(H,27,28,30). The van der Waals surface area contributed by atoms with E-state index in [1.165, 1.54) is 13.3 Å². The molecular formula is C95H112ClF2N21O12. The van der Waals surface area contributed by atoms with Crippen LogP contribution < -0.4 is 64.6 Å². The number of aromatic nitrogens is 16. The fourth-order valence-corrected chi connectivity index (χ4v) is 18.9. The third-order valence-electron chi connectivity index (χ3n) is 25.8. The summed E-state index contributed by atoms with van der Waals surface area (Å²) in [7, 11) is 4.88. The van der Waals surface area contributed by atoms with Crippen LogP contribution >= 0.6 is 11.6 Å². The number of ether oxygens (including phenoxy) is 10. The van der Waals surface area contributed by atoms with Gasteiger partial charge < -0.3 is 77.3 Å². The Kier molecular flexibility index (Phi) is 30.7.